The zero-order valence-electron chi connectivity index (χ0n) is 9.48. The summed E-state index contributed by atoms with van der Waals surface area (Å²) in [5.41, 5.74) is 0. The second-order valence-corrected chi connectivity index (χ2v) is 5.52. The van der Waals surface area contributed by atoms with Gasteiger partial charge in [-0.2, -0.15) is 17.9 Å². The second kappa shape index (κ2) is 6.51. The Hall–Kier alpha value is -0.210. The number of aliphatic hydroxyl groups is 1. The first-order valence-electron chi connectivity index (χ1n) is 5.46. The fraction of sp³-hybridized carbons (Fsp3) is 1.00. The number of hydrogen-bond acceptors (Lipinski definition) is 4. The molecule has 2 unspecified atom stereocenters. The van der Waals surface area contributed by atoms with Gasteiger partial charge in [-0.15, -0.1) is 0 Å². The number of aliphatic hydroxyl groups excluding tert-OH is 1. The quantitative estimate of drug-likeness (QED) is 0.519. The van der Waals surface area contributed by atoms with Crippen LogP contribution in [0.3, 0.4) is 0 Å². The van der Waals surface area contributed by atoms with Gasteiger partial charge in [0.2, 0.25) is 0 Å². The summed E-state index contributed by atoms with van der Waals surface area (Å²) >= 11 is 0. The standard InChI is InChI=1S/C9H20N2O4S/c1-15-6-5-10-16(13,14)11-9-4-2-3-8(9)7-12/h8-12H,2-7H2,1H3. The first-order valence-corrected chi connectivity index (χ1v) is 6.94. The van der Waals surface area contributed by atoms with Crippen LogP contribution in [0.4, 0.5) is 0 Å². The predicted octanol–water partition coefficient (Wildman–Crippen LogP) is -0.782. The van der Waals surface area contributed by atoms with Crippen molar-refractivity contribution in [3.63, 3.8) is 0 Å². The van der Waals surface area contributed by atoms with Gasteiger partial charge in [-0.1, -0.05) is 6.42 Å². The first kappa shape index (κ1) is 13.9. The third-order valence-electron chi connectivity index (χ3n) is 2.80. The predicted molar refractivity (Wildman–Crippen MR) is 60.1 cm³/mol. The molecule has 0 radical (unpaired) electrons. The second-order valence-electron chi connectivity index (χ2n) is 3.99. The van der Waals surface area contributed by atoms with Crippen LogP contribution in [0.15, 0.2) is 0 Å². The molecule has 1 saturated carbocycles. The number of methoxy groups -OCH3 is 1. The molecule has 96 valence electrons. The lowest BCUT2D eigenvalue weighted by molar-refractivity contribution is 0.203. The Morgan fingerprint density at radius 2 is 2.19 bits per heavy atom. The Labute approximate surface area is 96.6 Å². The van der Waals surface area contributed by atoms with Crippen LogP contribution >= 0.6 is 0 Å². The minimum Gasteiger partial charge on any atom is -0.396 e. The minimum absolute atomic E-state index is 0.0330. The van der Waals surface area contributed by atoms with Crippen LogP contribution in [0.25, 0.3) is 0 Å². The molecule has 2 atom stereocenters. The van der Waals surface area contributed by atoms with E-state index in [4.69, 9.17) is 9.84 Å². The summed E-state index contributed by atoms with van der Waals surface area (Å²) in [5.74, 6) is 0.0407. The lowest BCUT2D eigenvalue weighted by Gasteiger charge is -2.19. The van der Waals surface area contributed by atoms with Gasteiger partial charge in [0.1, 0.15) is 0 Å². The molecule has 0 saturated heterocycles. The highest BCUT2D eigenvalue weighted by Gasteiger charge is 2.29. The van der Waals surface area contributed by atoms with Crippen molar-refractivity contribution < 1.29 is 18.3 Å². The highest BCUT2D eigenvalue weighted by molar-refractivity contribution is 7.87. The lowest BCUT2D eigenvalue weighted by Crippen LogP contribution is -2.45. The fourth-order valence-electron chi connectivity index (χ4n) is 1.93. The fourth-order valence-corrected chi connectivity index (χ4v) is 3.07. The molecule has 0 aromatic rings. The van der Waals surface area contributed by atoms with Gasteiger partial charge in [-0.3, -0.25) is 0 Å². The SMILES string of the molecule is COCCNS(=O)(=O)NC1CCCC1CO. The Kier molecular flexibility index (Phi) is 5.63. The minimum atomic E-state index is -3.47. The lowest BCUT2D eigenvalue weighted by atomic mass is 10.1. The molecule has 1 fully saturated rings. The number of hydrogen-bond donors (Lipinski definition) is 3. The van der Waals surface area contributed by atoms with E-state index in [1.54, 1.807) is 0 Å². The van der Waals surface area contributed by atoms with E-state index in [0.717, 1.165) is 19.3 Å². The van der Waals surface area contributed by atoms with Gasteiger partial charge in [-0.05, 0) is 18.8 Å². The van der Waals surface area contributed by atoms with E-state index in [-0.39, 0.29) is 25.1 Å². The van der Waals surface area contributed by atoms with Crippen LogP contribution in [0.2, 0.25) is 0 Å². The van der Waals surface area contributed by atoms with Crippen molar-refractivity contribution in [1.29, 1.82) is 0 Å². The van der Waals surface area contributed by atoms with Crippen molar-refractivity contribution in [1.82, 2.24) is 9.44 Å². The summed E-state index contributed by atoms with van der Waals surface area (Å²) in [7, 11) is -1.96. The molecular weight excluding hydrogens is 232 g/mol. The monoisotopic (exact) mass is 252 g/mol. The van der Waals surface area contributed by atoms with Gasteiger partial charge in [0.15, 0.2) is 0 Å². The Balaban J connectivity index is 2.39. The maximum atomic E-state index is 11.6. The maximum Gasteiger partial charge on any atom is 0.277 e. The van der Waals surface area contributed by atoms with Crippen LogP contribution in [0.5, 0.6) is 0 Å². The van der Waals surface area contributed by atoms with Gasteiger partial charge in [0, 0.05) is 26.3 Å². The van der Waals surface area contributed by atoms with Gasteiger partial charge in [0.25, 0.3) is 10.2 Å². The van der Waals surface area contributed by atoms with E-state index in [2.05, 4.69) is 9.44 Å². The van der Waals surface area contributed by atoms with Gasteiger partial charge in [0.05, 0.1) is 6.61 Å². The molecule has 1 aliphatic rings. The third kappa shape index (κ3) is 4.34. The maximum absolute atomic E-state index is 11.6. The average Bonchev–Trinajstić information content (AvgIpc) is 2.64. The van der Waals surface area contributed by atoms with Crippen molar-refractivity contribution >= 4 is 10.2 Å². The zero-order chi connectivity index (χ0) is 12.0. The van der Waals surface area contributed by atoms with E-state index >= 15 is 0 Å². The normalized spacial score (nSPS) is 26.1. The van der Waals surface area contributed by atoms with Gasteiger partial charge >= 0.3 is 0 Å². The molecule has 3 N–H and O–H groups in total. The van der Waals surface area contributed by atoms with Crippen molar-refractivity contribution in [3.8, 4) is 0 Å². The average molecular weight is 252 g/mol. The summed E-state index contributed by atoms with van der Waals surface area (Å²) in [6, 6.07) is -0.148. The molecule has 1 aliphatic carbocycles. The van der Waals surface area contributed by atoms with E-state index in [1.165, 1.54) is 7.11 Å². The molecule has 0 aliphatic heterocycles. The molecule has 0 spiro atoms. The van der Waals surface area contributed by atoms with Crippen LogP contribution < -0.4 is 9.44 Å². The van der Waals surface area contributed by atoms with Crippen LogP contribution in [-0.4, -0.2) is 46.4 Å². The summed E-state index contributed by atoms with van der Waals surface area (Å²) in [6.07, 6.45) is 2.62. The zero-order valence-corrected chi connectivity index (χ0v) is 10.3. The van der Waals surface area contributed by atoms with Crippen molar-refractivity contribution in [2.45, 2.75) is 25.3 Å². The Morgan fingerprint density at radius 3 is 2.81 bits per heavy atom. The molecule has 7 heteroatoms. The number of nitrogens with one attached hydrogen (secondary N) is 2. The molecule has 0 amide bonds. The van der Waals surface area contributed by atoms with Crippen molar-refractivity contribution in [2.24, 2.45) is 5.92 Å². The summed E-state index contributed by atoms with van der Waals surface area (Å²) in [6.45, 7) is 0.628. The molecule has 6 nitrogen and oxygen atoms in total. The van der Waals surface area contributed by atoms with E-state index in [9.17, 15) is 8.42 Å². The summed E-state index contributed by atoms with van der Waals surface area (Å²) in [4.78, 5) is 0. The Bertz CT molecular complexity index is 294. The van der Waals surface area contributed by atoms with Gasteiger partial charge < -0.3 is 9.84 Å². The highest BCUT2D eigenvalue weighted by atomic mass is 32.2. The molecule has 1 rings (SSSR count). The van der Waals surface area contributed by atoms with Gasteiger partial charge in [-0.25, -0.2) is 0 Å². The number of rotatable bonds is 7. The first-order chi connectivity index (χ1) is 7.59. The van der Waals surface area contributed by atoms with Crippen LogP contribution in [-0.2, 0) is 14.9 Å². The molecule has 0 aromatic carbocycles. The Morgan fingerprint density at radius 1 is 1.44 bits per heavy atom. The summed E-state index contributed by atoms with van der Waals surface area (Å²) < 4.78 is 32.8. The third-order valence-corrected chi connectivity index (χ3v) is 4.00. The molecule has 0 aromatic heterocycles. The highest BCUT2D eigenvalue weighted by Crippen LogP contribution is 2.25. The van der Waals surface area contributed by atoms with Crippen molar-refractivity contribution in [3.05, 3.63) is 0 Å². The number of ether oxygens (including phenoxy) is 1. The van der Waals surface area contributed by atoms with E-state index in [0.29, 0.717) is 6.61 Å². The molecule has 16 heavy (non-hydrogen) atoms. The largest absolute Gasteiger partial charge is 0.396 e. The molecular formula is C9H20N2O4S. The summed E-state index contributed by atoms with van der Waals surface area (Å²) in [5, 5.41) is 9.07. The van der Waals surface area contributed by atoms with Crippen LogP contribution in [0, 0.1) is 5.92 Å². The van der Waals surface area contributed by atoms with Crippen molar-refractivity contribution in [2.75, 3.05) is 26.9 Å². The smallest absolute Gasteiger partial charge is 0.277 e. The molecule has 0 heterocycles. The van der Waals surface area contributed by atoms with Crippen LogP contribution in [0.1, 0.15) is 19.3 Å². The topological polar surface area (TPSA) is 87.7 Å². The van der Waals surface area contributed by atoms with E-state index < -0.39 is 10.2 Å². The molecule has 0 bridgehead atoms. The van der Waals surface area contributed by atoms with E-state index in [1.807, 2.05) is 0 Å².